The topological polar surface area (TPSA) is 75.5 Å². The lowest BCUT2D eigenvalue weighted by Gasteiger charge is -2.19. The van der Waals surface area contributed by atoms with Gasteiger partial charge >= 0.3 is 0 Å². The molecule has 24 heavy (non-hydrogen) atoms. The minimum absolute atomic E-state index is 0.0152. The van der Waals surface area contributed by atoms with Gasteiger partial charge in [-0.25, -0.2) is 0 Å². The van der Waals surface area contributed by atoms with Crippen molar-refractivity contribution in [2.24, 2.45) is 0 Å². The second kappa shape index (κ2) is 8.23. The predicted octanol–water partition coefficient (Wildman–Crippen LogP) is 3.62. The quantitative estimate of drug-likeness (QED) is 0.599. The van der Waals surface area contributed by atoms with Gasteiger partial charge in [-0.05, 0) is 37.0 Å². The van der Waals surface area contributed by atoms with Crippen molar-refractivity contribution >= 4 is 34.5 Å². The molecule has 0 saturated heterocycles. The third-order valence-electron chi connectivity index (χ3n) is 3.44. The highest BCUT2D eigenvalue weighted by atomic mass is 35.5. The molecule has 0 saturated carbocycles. The number of thiophene rings is 1. The molecule has 0 aliphatic carbocycles. The monoisotopic (exact) mass is 367 g/mol. The van der Waals surface area contributed by atoms with E-state index in [0.29, 0.717) is 17.1 Å². The van der Waals surface area contributed by atoms with Crippen LogP contribution in [0.15, 0.2) is 35.7 Å². The van der Waals surface area contributed by atoms with Crippen LogP contribution >= 0.6 is 22.9 Å². The molecule has 128 valence electrons. The number of benzene rings is 1. The first-order valence-corrected chi connectivity index (χ1v) is 8.56. The number of nitro groups is 1. The van der Waals surface area contributed by atoms with Crippen LogP contribution in [0.5, 0.6) is 0 Å². The molecule has 1 amide bonds. The van der Waals surface area contributed by atoms with Crippen molar-refractivity contribution in [1.82, 2.24) is 10.2 Å². The Bertz CT molecular complexity index is 721. The molecule has 0 aliphatic heterocycles. The van der Waals surface area contributed by atoms with E-state index in [2.05, 4.69) is 5.32 Å². The number of hydrogen-bond acceptors (Lipinski definition) is 5. The van der Waals surface area contributed by atoms with Gasteiger partial charge in [0, 0.05) is 28.6 Å². The van der Waals surface area contributed by atoms with Crippen molar-refractivity contribution < 1.29 is 9.72 Å². The molecule has 1 N–H and O–H groups in total. The number of hydrogen-bond donors (Lipinski definition) is 1. The molecule has 1 atom stereocenters. The SMILES string of the molecule is C[C@H](NC(=O)CN(C)Cc1cc([N+](=O)[O-])ccc1Cl)c1cccs1. The van der Waals surface area contributed by atoms with Gasteiger partial charge in [0.05, 0.1) is 17.5 Å². The Morgan fingerprint density at radius 3 is 2.83 bits per heavy atom. The zero-order chi connectivity index (χ0) is 17.7. The largest absolute Gasteiger partial charge is 0.348 e. The maximum absolute atomic E-state index is 12.1. The van der Waals surface area contributed by atoms with Crippen LogP contribution in [0.3, 0.4) is 0 Å². The lowest BCUT2D eigenvalue weighted by molar-refractivity contribution is -0.384. The van der Waals surface area contributed by atoms with E-state index in [-0.39, 0.29) is 24.2 Å². The number of carbonyl (C=O) groups is 1. The van der Waals surface area contributed by atoms with Crippen molar-refractivity contribution in [1.29, 1.82) is 0 Å². The fourth-order valence-electron chi connectivity index (χ4n) is 2.28. The number of nitrogens with one attached hydrogen (secondary N) is 1. The zero-order valence-corrected chi connectivity index (χ0v) is 14.9. The highest BCUT2D eigenvalue weighted by Crippen LogP contribution is 2.23. The Morgan fingerprint density at radius 2 is 2.21 bits per heavy atom. The zero-order valence-electron chi connectivity index (χ0n) is 13.4. The van der Waals surface area contributed by atoms with Crippen LogP contribution in [-0.4, -0.2) is 29.3 Å². The van der Waals surface area contributed by atoms with Crippen LogP contribution in [-0.2, 0) is 11.3 Å². The summed E-state index contributed by atoms with van der Waals surface area (Å²) >= 11 is 7.68. The summed E-state index contributed by atoms with van der Waals surface area (Å²) in [6, 6.07) is 8.17. The summed E-state index contributed by atoms with van der Waals surface area (Å²) in [5.41, 5.74) is 0.603. The van der Waals surface area contributed by atoms with Crippen LogP contribution in [0, 0.1) is 10.1 Å². The summed E-state index contributed by atoms with van der Waals surface area (Å²) in [5.74, 6) is -0.111. The molecule has 0 radical (unpaired) electrons. The van der Waals surface area contributed by atoms with Crippen LogP contribution < -0.4 is 5.32 Å². The van der Waals surface area contributed by atoms with E-state index >= 15 is 0 Å². The fraction of sp³-hybridized carbons (Fsp3) is 0.312. The van der Waals surface area contributed by atoms with E-state index in [4.69, 9.17) is 11.6 Å². The highest BCUT2D eigenvalue weighted by molar-refractivity contribution is 7.10. The molecular weight excluding hydrogens is 350 g/mol. The lowest BCUT2D eigenvalue weighted by atomic mass is 10.2. The lowest BCUT2D eigenvalue weighted by Crippen LogP contribution is -2.36. The second-order valence-electron chi connectivity index (χ2n) is 5.51. The van der Waals surface area contributed by atoms with Gasteiger partial charge in [-0.1, -0.05) is 17.7 Å². The fourth-order valence-corrected chi connectivity index (χ4v) is 3.20. The van der Waals surface area contributed by atoms with E-state index in [0.717, 1.165) is 4.88 Å². The molecule has 0 aliphatic rings. The van der Waals surface area contributed by atoms with Gasteiger partial charge in [0.15, 0.2) is 0 Å². The first-order chi connectivity index (χ1) is 11.4. The number of nitro benzene ring substituents is 1. The van der Waals surface area contributed by atoms with E-state index in [1.54, 1.807) is 23.3 Å². The predicted molar refractivity (Wildman–Crippen MR) is 95.3 cm³/mol. The van der Waals surface area contributed by atoms with Crippen molar-refractivity contribution in [2.75, 3.05) is 13.6 Å². The molecule has 6 nitrogen and oxygen atoms in total. The molecule has 1 aromatic heterocycles. The molecular formula is C16H18ClN3O3S. The number of halogens is 1. The third-order valence-corrected chi connectivity index (χ3v) is 4.87. The Morgan fingerprint density at radius 1 is 1.46 bits per heavy atom. The summed E-state index contributed by atoms with van der Waals surface area (Å²) in [5, 5.41) is 16.2. The molecule has 2 aromatic rings. The molecule has 8 heteroatoms. The first-order valence-electron chi connectivity index (χ1n) is 7.31. The molecule has 2 rings (SSSR count). The Labute approximate surface area is 149 Å². The van der Waals surface area contributed by atoms with E-state index < -0.39 is 4.92 Å². The van der Waals surface area contributed by atoms with E-state index in [1.165, 1.54) is 18.2 Å². The summed E-state index contributed by atoms with van der Waals surface area (Å²) < 4.78 is 0. The number of carbonyl (C=O) groups excluding carboxylic acids is 1. The molecule has 1 heterocycles. The van der Waals surface area contributed by atoms with Gasteiger partial charge < -0.3 is 5.32 Å². The molecule has 0 unspecified atom stereocenters. The minimum Gasteiger partial charge on any atom is -0.348 e. The standard InChI is InChI=1S/C16H18ClN3O3S/c1-11(15-4-3-7-24-15)18-16(21)10-19(2)9-12-8-13(20(22)23)5-6-14(12)17/h3-8,11H,9-10H2,1-2H3,(H,18,21)/t11-/m0/s1. The van der Waals surface area contributed by atoms with Gasteiger partial charge in [-0.3, -0.25) is 19.8 Å². The molecule has 0 fully saturated rings. The van der Waals surface area contributed by atoms with Gasteiger partial charge in [0.25, 0.3) is 5.69 Å². The number of amides is 1. The molecule has 1 aromatic carbocycles. The first kappa shape index (κ1) is 18.4. The van der Waals surface area contributed by atoms with Crippen molar-refractivity contribution in [3.05, 3.63) is 61.3 Å². The number of non-ortho nitro benzene ring substituents is 1. The van der Waals surface area contributed by atoms with Gasteiger partial charge in [0.1, 0.15) is 0 Å². The average molecular weight is 368 g/mol. The molecule has 0 bridgehead atoms. The maximum Gasteiger partial charge on any atom is 0.269 e. The van der Waals surface area contributed by atoms with E-state index in [1.807, 2.05) is 24.4 Å². The van der Waals surface area contributed by atoms with Crippen LogP contribution in [0.1, 0.15) is 23.4 Å². The van der Waals surface area contributed by atoms with E-state index in [9.17, 15) is 14.9 Å². The summed E-state index contributed by atoms with van der Waals surface area (Å²) in [4.78, 5) is 25.4. The Kier molecular flexibility index (Phi) is 6.30. The minimum atomic E-state index is -0.463. The van der Waals surface area contributed by atoms with Crippen molar-refractivity contribution in [3.8, 4) is 0 Å². The Balaban J connectivity index is 1.93. The Hall–Kier alpha value is -1.96. The maximum atomic E-state index is 12.1. The normalized spacial score (nSPS) is 12.2. The van der Waals surface area contributed by atoms with Crippen molar-refractivity contribution in [2.45, 2.75) is 19.5 Å². The second-order valence-corrected chi connectivity index (χ2v) is 6.90. The van der Waals surface area contributed by atoms with Crippen LogP contribution in [0.25, 0.3) is 0 Å². The number of nitrogens with zero attached hydrogens (tertiary/aromatic N) is 2. The number of likely N-dealkylation sites (N-methyl/N-ethyl adjacent to an activating group) is 1. The van der Waals surface area contributed by atoms with Gasteiger partial charge in [-0.2, -0.15) is 0 Å². The van der Waals surface area contributed by atoms with Crippen molar-refractivity contribution in [3.63, 3.8) is 0 Å². The highest BCUT2D eigenvalue weighted by Gasteiger charge is 2.15. The summed E-state index contributed by atoms with van der Waals surface area (Å²) in [6.07, 6.45) is 0. The molecule has 0 spiro atoms. The van der Waals surface area contributed by atoms with Crippen LogP contribution in [0.4, 0.5) is 5.69 Å². The van der Waals surface area contributed by atoms with Gasteiger partial charge in [-0.15, -0.1) is 11.3 Å². The van der Waals surface area contributed by atoms with Gasteiger partial charge in [0.2, 0.25) is 5.91 Å². The average Bonchev–Trinajstić information content (AvgIpc) is 3.03. The smallest absolute Gasteiger partial charge is 0.269 e. The number of rotatable bonds is 7. The third kappa shape index (κ3) is 5.02. The summed E-state index contributed by atoms with van der Waals surface area (Å²) in [7, 11) is 1.77. The summed E-state index contributed by atoms with van der Waals surface area (Å²) in [6.45, 7) is 2.46. The van der Waals surface area contributed by atoms with Crippen LogP contribution in [0.2, 0.25) is 5.02 Å².